The van der Waals surface area contributed by atoms with Gasteiger partial charge in [0.15, 0.2) is 5.04 Å². The van der Waals surface area contributed by atoms with Crippen molar-refractivity contribution in [2.45, 2.75) is 58.3 Å². The second-order valence-electron chi connectivity index (χ2n) is 9.32. The van der Waals surface area contributed by atoms with Gasteiger partial charge in [0.2, 0.25) is 0 Å². The smallest absolute Gasteiger partial charge is 0.318 e. The van der Waals surface area contributed by atoms with Crippen molar-refractivity contribution >= 4 is 43.3 Å². The molecule has 8 N–H and O–H groups in total. The van der Waals surface area contributed by atoms with E-state index in [1.807, 2.05) is 34.9 Å². The van der Waals surface area contributed by atoms with Crippen LogP contribution in [0.4, 0.5) is 4.79 Å². The second-order valence-corrected chi connectivity index (χ2v) is 11.9. The Morgan fingerprint density at radius 2 is 1.61 bits per heavy atom. The molecule has 2 heterocycles. The van der Waals surface area contributed by atoms with E-state index in [4.69, 9.17) is 26.5 Å². The van der Waals surface area contributed by atoms with Crippen LogP contribution in [0.25, 0.3) is 10.1 Å². The summed E-state index contributed by atoms with van der Waals surface area (Å²) in [6.07, 6.45) is 10.5. The molecule has 0 saturated heterocycles. The molecule has 1 aromatic carbocycles. The summed E-state index contributed by atoms with van der Waals surface area (Å²) in [5.41, 5.74) is 11.1. The molecule has 1 aliphatic heterocycles. The summed E-state index contributed by atoms with van der Waals surface area (Å²) in [6.45, 7) is 6.98. The number of fused-ring (bicyclic) bond motifs is 1. The van der Waals surface area contributed by atoms with Gasteiger partial charge in [-0.3, -0.25) is 4.21 Å². The van der Waals surface area contributed by atoms with Crippen molar-refractivity contribution in [3.63, 3.8) is 0 Å². The zero-order valence-corrected chi connectivity index (χ0v) is 26.0. The van der Waals surface area contributed by atoms with Crippen LogP contribution in [-0.4, -0.2) is 88.9 Å². The number of benzene rings is 1. The van der Waals surface area contributed by atoms with Crippen molar-refractivity contribution in [1.82, 2.24) is 15.5 Å². The summed E-state index contributed by atoms with van der Waals surface area (Å²) in [5.74, 6) is 0.535. The summed E-state index contributed by atoms with van der Waals surface area (Å²) in [7, 11) is -1.02. The summed E-state index contributed by atoms with van der Waals surface area (Å²) in [4.78, 5) is 18.6. The van der Waals surface area contributed by atoms with Crippen molar-refractivity contribution < 1.29 is 24.1 Å². The first-order valence-electron chi connectivity index (χ1n) is 14.4. The number of unbranched alkanes of at least 4 members (excludes halogenated alkanes) is 5. The number of nitrogens with two attached hydrogens (primary N) is 2. The molecule has 0 bridgehead atoms. The van der Waals surface area contributed by atoms with E-state index in [0.29, 0.717) is 17.4 Å². The first-order valence-corrected chi connectivity index (χ1v) is 16.6. The zero-order chi connectivity index (χ0) is 30.1. The van der Waals surface area contributed by atoms with Gasteiger partial charge in [-0.1, -0.05) is 62.4 Å². The molecule has 2 aromatic rings. The highest BCUT2D eigenvalue weighted by atomic mass is 32.2. The molecule has 2 amide bonds. The van der Waals surface area contributed by atoms with Gasteiger partial charge in [0.05, 0.1) is 21.4 Å². The predicted molar refractivity (Wildman–Crippen MR) is 170 cm³/mol. The number of carbonyl (C=O) groups excluding carboxylic acids is 1. The number of hydrogen-bond donors (Lipinski definition) is 6. The second kappa shape index (κ2) is 24.5. The summed E-state index contributed by atoms with van der Waals surface area (Å²) in [5, 5.41) is 25.6. The van der Waals surface area contributed by atoms with E-state index in [-0.39, 0.29) is 0 Å². The molecule has 0 radical (unpaired) electrons. The summed E-state index contributed by atoms with van der Waals surface area (Å²) < 4.78 is 13.0. The minimum atomic E-state index is -1.02. The molecule has 1 aliphatic rings. The standard InChI is InChI=1S/C14H33N3.C11H9NO2S2.C3H8N2O3/c1-2-3-4-5-6-7-12-17(13-8-10-15)14-9-11-16;13-16-6-5-14-12-11(16)10-7-8-3-1-2-4-9(8)15-10;6-1-4-3(8)5-2-7/h2-16H2,1H3;1-4,7H,5-6H2;6-7H,1-2H2,(H2,4,5,8). The molecular weight excluding hydrogens is 564 g/mol. The number of thiophene rings is 1. The number of rotatable bonds is 16. The van der Waals surface area contributed by atoms with Gasteiger partial charge < -0.3 is 42.1 Å². The van der Waals surface area contributed by atoms with Crippen molar-refractivity contribution in [3.8, 4) is 0 Å². The maximum absolute atomic E-state index is 11.8. The third-order valence-corrected chi connectivity index (χ3v) is 8.54. The Labute approximate surface area is 251 Å². The Kier molecular flexibility index (Phi) is 22.0. The van der Waals surface area contributed by atoms with Crippen LogP contribution in [0.5, 0.6) is 0 Å². The largest absolute Gasteiger partial charge is 0.394 e. The number of urea groups is 1. The van der Waals surface area contributed by atoms with Gasteiger partial charge in [0.25, 0.3) is 0 Å². The molecule has 1 atom stereocenters. The van der Waals surface area contributed by atoms with Gasteiger partial charge in [0, 0.05) is 4.70 Å². The van der Waals surface area contributed by atoms with Crippen LogP contribution in [0.3, 0.4) is 0 Å². The van der Waals surface area contributed by atoms with Crippen LogP contribution in [0.2, 0.25) is 0 Å². The van der Waals surface area contributed by atoms with Gasteiger partial charge >= 0.3 is 6.03 Å². The van der Waals surface area contributed by atoms with E-state index in [9.17, 15) is 9.00 Å². The van der Waals surface area contributed by atoms with Gasteiger partial charge in [-0.05, 0) is 69.5 Å². The SMILES string of the molecule is CCCCCCCCN(CCCN)CCCN.O=C(NCO)NCO.O=S1CCON=C1c1cc2ccccc2s1. The average Bonchev–Trinajstić information content (AvgIpc) is 3.41. The monoisotopic (exact) mass is 614 g/mol. The lowest BCUT2D eigenvalue weighted by molar-refractivity contribution is 0.159. The van der Waals surface area contributed by atoms with Gasteiger partial charge in [0.1, 0.15) is 20.1 Å². The molecule has 11 nitrogen and oxygen atoms in total. The quantitative estimate of drug-likeness (QED) is 0.124. The maximum atomic E-state index is 11.8. The van der Waals surface area contributed by atoms with Crippen LogP contribution in [-0.2, 0) is 15.6 Å². The van der Waals surface area contributed by atoms with Crippen LogP contribution in [0, 0.1) is 0 Å². The molecule has 0 fully saturated rings. The highest BCUT2D eigenvalue weighted by Crippen LogP contribution is 2.27. The molecule has 0 saturated carbocycles. The van der Waals surface area contributed by atoms with E-state index in [1.54, 1.807) is 11.3 Å². The molecule has 0 aliphatic carbocycles. The first kappa shape index (κ1) is 36.9. The van der Waals surface area contributed by atoms with Gasteiger partial charge in [-0.15, -0.1) is 11.3 Å². The fourth-order valence-corrected chi connectivity index (χ4v) is 6.07. The highest BCUT2D eigenvalue weighted by molar-refractivity contribution is 8.01. The van der Waals surface area contributed by atoms with Crippen LogP contribution in [0.15, 0.2) is 35.5 Å². The van der Waals surface area contributed by atoms with Gasteiger partial charge in [-0.25, -0.2) is 4.79 Å². The Bertz CT molecular complexity index is 958. The summed E-state index contributed by atoms with van der Waals surface area (Å²) in [6, 6.07) is 9.52. The van der Waals surface area contributed by atoms with Crippen LogP contribution < -0.4 is 22.1 Å². The molecular formula is C28H50N6O5S2. The molecule has 0 spiro atoms. The lowest BCUT2D eigenvalue weighted by Gasteiger charge is -2.21. The third kappa shape index (κ3) is 16.8. The van der Waals surface area contributed by atoms with Crippen LogP contribution in [0.1, 0.15) is 63.2 Å². The van der Waals surface area contributed by atoms with Gasteiger partial charge in [-0.2, -0.15) is 0 Å². The summed E-state index contributed by atoms with van der Waals surface area (Å²) >= 11 is 1.60. The lowest BCUT2D eigenvalue weighted by atomic mass is 10.1. The predicted octanol–water partition coefficient (Wildman–Crippen LogP) is 2.87. The Balaban J connectivity index is 0.000000328. The lowest BCUT2D eigenvalue weighted by Crippen LogP contribution is -2.36. The number of nitrogens with one attached hydrogen (secondary N) is 2. The fourth-order valence-electron chi connectivity index (χ4n) is 3.89. The number of amides is 2. The fraction of sp³-hybridized carbons (Fsp3) is 0.643. The molecule has 3 rings (SSSR count). The van der Waals surface area contributed by atoms with E-state index in [2.05, 4.69) is 23.0 Å². The Hall–Kier alpha value is -2.13. The molecule has 13 heteroatoms. The van der Waals surface area contributed by atoms with E-state index in [0.717, 1.165) is 49.3 Å². The number of aliphatic hydroxyl groups excluding tert-OH is 2. The zero-order valence-electron chi connectivity index (χ0n) is 24.4. The topological polar surface area (TPSA) is 176 Å². The number of nitrogens with zero attached hydrogens (tertiary/aromatic N) is 2. The number of carbonyl (C=O) groups is 1. The van der Waals surface area contributed by atoms with Crippen molar-refractivity contribution in [2.75, 3.05) is 58.5 Å². The Morgan fingerprint density at radius 3 is 2.20 bits per heavy atom. The Morgan fingerprint density at radius 1 is 1.00 bits per heavy atom. The first-order chi connectivity index (χ1) is 20.0. The maximum Gasteiger partial charge on any atom is 0.318 e. The number of oxime groups is 1. The van der Waals surface area contributed by atoms with E-state index >= 15 is 0 Å². The minimum Gasteiger partial charge on any atom is -0.394 e. The molecule has 1 unspecified atom stereocenters. The molecule has 1 aromatic heterocycles. The normalized spacial score (nSPS) is 14.3. The van der Waals surface area contributed by atoms with E-state index in [1.165, 1.54) is 49.8 Å². The number of hydrogen-bond acceptors (Lipinski definition) is 10. The average molecular weight is 615 g/mol. The van der Waals surface area contributed by atoms with Crippen molar-refractivity contribution in [3.05, 3.63) is 35.2 Å². The minimum absolute atomic E-state index is 0.425. The van der Waals surface area contributed by atoms with E-state index < -0.39 is 30.3 Å². The van der Waals surface area contributed by atoms with Crippen molar-refractivity contribution in [1.29, 1.82) is 0 Å². The highest BCUT2D eigenvalue weighted by Gasteiger charge is 2.19. The van der Waals surface area contributed by atoms with Crippen molar-refractivity contribution in [2.24, 2.45) is 16.6 Å². The van der Waals surface area contributed by atoms with Crippen LogP contribution >= 0.6 is 11.3 Å². The molecule has 41 heavy (non-hydrogen) atoms. The molecule has 234 valence electrons. The number of aliphatic hydroxyl groups is 2. The third-order valence-electron chi connectivity index (χ3n) is 6.02.